The molecule has 0 aromatic rings. The predicted octanol–water partition coefficient (Wildman–Crippen LogP) is 5.99. The summed E-state index contributed by atoms with van der Waals surface area (Å²) in [6.45, 7) is 17.8. The predicted molar refractivity (Wildman–Crippen MR) is 150 cm³/mol. The quantitative estimate of drug-likeness (QED) is 0.0948. The van der Waals surface area contributed by atoms with E-state index in [-0.39, 0.29) is 37.0 Å². The van der Waals surface area contributed by atoms with Gasteiger partial charge in [0.25, 0.3) is 0 Å². The van der Waals surface area contributed by atoms with E-state index >= 15 is 0 Å². The molecule has 0 aromatic heterocycles. The third-order valence-corrected chi connectivity index (χ3v) is 7.44. The Labute approximate surface area is 215 Å². The lowest BCUT2D eigenvalue weighted by atomic mass is 10.1. The lowest BCUT2D eigenvalue weighted by molar-refractivity contribution is -0.181. The fraction of sp³-hybridized carbons (Fsp3) is 1.00. The molecule has 0 aliphatic rings. The average Bonchev–Trinajstić information content (AvgIpc) is 2.71. The Morgan fingerprint density at radius 3 is 1.38 bits per heavy atom. The van der Waals surface area contributed by atoms with Crippen molar-refractivity contribution in [3.05, 3.63) is 0 Å². The summed E-state index contributed by atoms with van der Waals surface area (Å²) >= 11 is 0. The van der Waals surface area contributed by atoms with E-state index in [0.717, 1.165) is 55.2 Å². The molecule has 2 N–H and O–H groups in total. The fourth-order valence-corrected chi connectivity index (χ4v) is 5.86. The molecule has 0 radical (unpaired) electrons. The van der Waals surface area contributed by atoms with Crippen molar-refractivity contribution >= 4 is 17.2 Å². The molecule has 0 aromatic carbocycles. The molecule has 0 spiro atoms. The lowest BCUT2D eigenvalue weighted by Gasteiger charge is -2.23. The molecule has 206 valence electrons. The van der Waals surface area contributed by atoms with E-state index in [0.29, 0.717) is 19.3 Å². The number of rotatable bonds is 24. The summed E-state index contributed by atoms with van der Waals surface area (Å²) < 4.78 is 29.7. The van der Waals surface area contributed by atoms with Crippen LogP contribution in [0.1, 0.15) is 87.5 Å². The highest BCUT2D eigenvalue weighted by molar-refractivity contribution is 7.38. The topological polar surface area (TPSA) is 72.2 Å². The lowest BCUT2D eigenvalue weighted by Crippen LogP contribution is -2.25. The van der Waals surface area contributed by atoms with Gasteiger partial charge in [-0.05, 0) is 99.3 Å². The Morgan fingerprint density at radius 1 is 0.559 bits per heavy atom. The fourth-order valence-electron chi connectivity index (χ4n) is 3.50. The summed E-state index contributed by atoms with van der Waals surface area (Å²) in [4.78, 5) is 0. The summed E-state index contributed by atoms with van der Waals surface area (Å²) in [7, 11) is 1.86. The molecular weight excluding hydrogens is 468 g/mol. The summed E-state index contributed by atoms with van der Waals surface area (Å²) in [6.07, 6.45) is 11.1. The standard InChI is InChI=1S/C26H57NO5P2/c1-20(2)29-25(30-21(3)4)12-18-33-16-9-10-24(28-15-14-27)11-17-34-19-13-26(31-22(5)6)32-23(7)8/h20-26,33-34H,9-19,27H2,1-8H3. The molecule has 8 heteroatoms. The van der Waals surface area contributed by atoms with Gasteiger partial charge in [0.15, 0.2) is 12.6 Å². The second kappa shape index (κ2) is 22.8. The van der Waals surface area contributed by atoms with E-state index in [1.54, 1.807) is 0 Å². The van der Waals surface area contributed by atoms with E-state index < -0.39 is 0 Å². The van der Waals surface area contributed by atoms with Crippen LogP contribution in [-0.2, 0) is 23.7 Å². The van der Waals surface area contributed by atoms with E-state index in [2.05, 4.69) is 55.4 Å². The molecule has 0 fully saturated rings. The van der Waals surface area contributed by atoms with E-state index in [9.17, 15) is 0 Å². The Kier molecular flexibility index (Phi) is 23.2. The third kappa shape index (κ3) is 23.0. The summed E-state index contributed by atoms with van der Waals surface area (Å²) in [5.41, 5.74) is 5.68. The maximum Gasteiger partial charge on any atom is 0.158 e. The zero-order valence-electron chi connectivity index (χ0n) is 23.4. The van der Waals surface area contributed by atoms with Gasteiger partial charge in [0.05, 0.1) is 37.1 Å². The minimum absolute atomic E-state index is 0.0781. The van der Waals surface area contributed by atoms with Gasteiger partial charge in [0, 0.05) is 19.4 Å². The van der Waals surface area contributed by atoms with Crippen molar-refractivity contribution in [2.75, 3.05) is 37.8 Å². The SMILES string of the molecule is CC(C)OC(CCPCCCC(CCPCCC(OC(C)C)OC(C)C)OCCN)OC(C)C. The van der Waals surface area contributed by atoms with E-state index in [4.69, 9.17) is 29.4 Å². The second-order valence-corrected chi connectivity index (χ2v) is 12.9. The Bertz CT molecular complexity index is 421. The summed E-state index contributed by atoms with van der Waals surface area (Å²) in [6, 6.07) is 0. The van der Waals surface area contributed by atoms with Crippen molar-refractivity contribution in [3.63, 3.8) is 0 Å². The van der Waals surface area contributed by atoms with Crippen LogP contribution in [0.4, 0.5) is 0 Å². The van der Waals surface area contributed by atoms with Crippen LogP contribution >= 0.6 is 17.2 Å². The summed E-state index contributed by atoms with van der Waals surface area (Å²) in [5.74, 6) is 0. The molecule has 6 nitrogen and oxygen atoms in total. The highest BCUT2D eigenvalue weighted by atomic mass is 31.1. The van der Waals surface area contributed by atoms with Crippen LogP contribution in [0, 0.1) is 0 Å². The molecule has 0 heterocycles. The smallest absolute Gasteiger partial charge is 0.158 e. The number of hydrogen-bond donors (Lipinski definition) is 1. The first kappa shape index (κ1) is 34.6. The van der Waals surface area contributed by atoms with Crippen LogP contribution in [0.3, 0.4) is 0 Å². The molecule has 0 aliphatic carbocycles. The first-order chi connectivity index (χ1) is 16.1. The maximum atomic E-state index is 6.05. The maximum absolute atomic E-state index is 6.05. The van der Waals surface area contributed by atoms with Crippen LogP contribution in [0.15, 0.2) is 0 Å². The van der Waals surface area contributed by atoms with Crippen molar-refractivity contribution in [1.82, 2.24) is 0 Å². The zero-order valence-corrected chi connectivity index (χ0v) is 25.4. The number of hydrogen-bond acceptors (Lipinski definition) is 6. The molecule has 0 saturated heterocycles. The third-order valence-electron chi connectivity index (χ3n) is 4.80. The van der Waals surface area contributed by atoms with Crippen LogP contribution in [0.5, 0.6) is 0 Å². The average molecular weight is 526 g/mol. The molecule has 0 aliphatic heterocycles. The monoisotopic (exact) mass is 525 g/mol. The van der Waals surface area contributed by atoms with E-state index in [1.807, 2.05) is 0 Å². The van der Waals surface area contributed by atoms with Crippen LogP contribution in [-0.4, -0.2) is 80.9 Å². The molecule has 0 amide bonds. The molecule has 34 heavy (non-hydrogen) atoms. The van der Waals surface area contributed by atoms with Gasteiger partial charge in [-0.2, -0.15) is 0 Å². The van der Waals surface area contributed by atoms with Crippen molar-refractivity contribution in [3.8, 4) is 0 Å². The largest absolute Gasteiger partial charge is 0.377 e. The first-order valence-electron chi connectivity index (χ1n) is 13.5. The molecular formula is C26H57NO5P2. The van der Waals surface area contributed by atoms with Gasteiger partial charge < -0.3 is 29.4 Å². The molecule has 0 bridgehead atoms. The van der Waals surface area contributed by atoms with Gasteiger partial charge in [0.1, 0.15) is 0 Å². The van der Waals surface area contributed by atoms with Crippen LogP contribution in [0.25, 0.3) is 0 Å². The zero-order chi connectivity index (χ0) is 25.8. The van der Waals surface area contributed by atoms with Crippen molar-refractivity contribution in [1.29, 1.82) is 0 Å². The van der Waals surface area contributed by atoms with Crippen LogP contribution < -0.4 is 5.73 Å². The van der Waals surface area contributed by atoms with Crippen molar-refractivity contribution in [2.45, 2.75) is 131 Å². The molecule has 0 rings (SSSR count). The highest BCUT2D eigenvalue weighted by Gasteiger charge is 2.15. The normalized spacial score (nSPS) is 14.2. The van der Waals surface area contributed by atoms with Gasteiger partial charge in [-0.15, -0.1) is 17.2 Å². The van der Waals surface area contributed by atoms with Crippen LogP contribution in [0.2, 0.25) is 0 Å². The number of nitrogens with two attached hydrogens (primary N) is 1. The Morgan fingerprint density at radius 2 is 0.971 bits per heavy atom. The number of ether oxygens (including phenoxy) is 5. The van der Waals surface area contributed by atoms with Gasteiger partial charge >= 0.3 is 0 Å². The van der Waals surface area contributed by atoms with Gasteiger partial charge in [-0.1, -0.05) is 0 Å². The molecule has 3 atom stereocenters. The van der Waals surface area contributed by atoms with Crippen molar-refractivity contribution in [2.24, 2.45) is 5.73 Å². The molecule has 0 saturated carbocycles. The summed E-state index contributed by atoms with van der Waals surface area (Å²) in [5, 5.41) is 0. The molecule has 3 unspecified atom stereocenters. The Balaban J connectivity index is 4.13. The second-order valence-electron chi connectivity index (χ2n) is 9.89. The van der Waals surface area contributed by atoms with Gasteiger partial charge in [-0.25, -0.2) is 0 Å². The van der Waals surface area contributed by atoms with Gasteiger partial charge in [0.2, 0.25) is 0 Å². The van der Waals surface area contributed by atoms with E-state index in [1.165, 1.54) is 18.7 Å². The minimum Gasteiger partial charge on any atom is -0.377 e. The first-order valence-corrected chi connectivity index (χ1v) is 16.3. The Hall–Kier alpha value is 0.620. The highest BCUT2D eigenvalue weighted by Crippen LogP contribution is 2.23. The minimum atomic E-state index is -0.0887. The van der Waals surface area contributed by atoms with Crippen molar-refractivity contribution < 1.29 is 23.7 Å². The van der Waals surface area contributed by atoms with Gasteiger partial charge in [-0.3, -0.25) is 0 Å².